The van der Waals surface area contributed by atoms with Crippen LogP contribution in [0.5, 0.6) is 0 Å². The Morgan fingerprint density at radius 2 is 1.79 bits per heavy atom. The van der Waals surface area contributed by atoms with E-state index >= 15 is 0 Å². The molecule has 1 rings (SSSR count). The Balaban J connectivity index is 2.94. The molecule has 3 heteroatoms. The Bertz CT molecular complexity index is 404. The van der Waals surface area contributed by atoms with Gasteiger partial charge in [0.25, 0.3) is 0 Å². The first-order chi connectivity index (χ1) is 8.84. The Labute approximate surface area is 127 Å². The van der Waals surface area contributed by atoms with Crippen LogP contribution in [-0.2, 0) is 4.43 Å². The third-order valence-corrected chi connectivity index (χ3v) is 4.02. The van der Waals surface area contributed by atoms with Gasteiger partial charge in [0.05, 0.1) is 6.10 Å². The second kappa shape index (κ2) is 7.41. The van der Waals surface area contributed by atoms with E-state index in [0.717, 1.165) is 5.33 Å². The van der Waals surface area contributed by atoms with Crippen molar-refractivity contribution in [1.82, 2.24) is 0 Å². The lowest BCUT2D eigenvalue weighted by Crippen LogP contribution is -2.25. The monoisotopic (exact) mass is 340 g/mol. The molecule has 0 bridgehead atoms. The summed E-state index contributed by atoms with van der Waals surface area (Å²) in [6, 6.07) is 8.72. The van der Waals surface area contributed by atoms with Crippen LogP contribution in [0.3, 0.4) is 0 Å². The van der Waals surface area contributed by atoms with E-state index in [0.29, 0.717) is 0 Å². The van der Waals surface area contributed by atoms with Crippen LogP contribution in [0.1, 0.15) is 38.0 Å². The SMILES string of the molecule is C[SiH](C)OC(c1ccc(/C=C/CBr)cc1)C(C)(C)C. The van der Waals surface area contributed by atoms with E-state index in [1.54, 1.807) is 0 Å². The molecule has 0 saturated heterocycles. The van der Waals surface area contributed by atoms with Gasteiger partial charge in [-0.3, -0.25) is 0 Å². The number of allylic oxidation sites excluding steroid dienone is 1. The van der Waals surface area contributed by atoms with E-state index in [1.807, 2.05) is 0 Å². The molecular formula is C16H25BrOSi. The number of hydrogen-bond acceptors (Lipinski definition) is 1. The summed E-state index contributed by atoms with van der Waals surface area (Å²) in [4.78, 5) is 0. The molecule has 19 heavy (non-hydrogen) atoms. The third-order valence-electron chi connectivity index (χ3n) is 2.83. The van der Waals surface area contributed by atoms with Gasteiger partial charge >= 0.3 is 0 Å². The first-order valence-electron chi connectivity index (χ1n) is 6.82. The van der Waals surface area contributed by atoms with Crippen LogP contribution in [0.2, 0.25) is 13.1 Å². The van der Waals surface area contributed by atoms with E-state index in [9.17, 15) is 0 Å². The van der Waals surface area contributed by atoms with Crippen molar-refractivity contribution in [2.75, 3.05) is 5.33 Å². The number of benzene rings is 1. The maximum absolute atomic E-state index is 6.24. The maximum Gasteiger partial charge on any atom is 0.171 e. The van der Waals surface area contributed by atoms with E-state index in [-0.39, 0.29) is 11.5 Å². The molecule has 0 aliphatic carbocycles. The average Bonchev–Trinajstić information content (AvgIpc) is 2.33. The molecule has 0 N–H and O–H groups in total. The highest BCUT2D eigenvalue weighted by atomic mass is 79.9. The zero-order valence-electron chi connectivity index (χ0n) is 12.6. The van der Waals surface area contributed by atoms with Gasteiger partial charge < -0.3 is 4.43 Å². The van der Waals surface area contributed by atoms with Crippen LogP contribution in [-0.4, -0.2) is 14.4 Å². The quantitative estimate of drug-likeness (QED) is 0.529. The predicted molar refractivity (Wildman–Crippen MR) is 91.4 cm³/mol. The smallest absolute Gasteiger partial charge is 0.171 e. The van der Waals surface area contributed by atoms with Crippen molar-refractivity contribution in [3.05, 3.63) is 41.5 Å². The van der Waals surface area contributed by atoms with Gasteiger partial charge in [-0.1, -0.05) is 73.1 Å². The normalized spacial score (nSPS) is 14.3. The molecule has 0 amide bonds. The molecule has 0 fully saturated rings. The molecule has 106 valence electrons. The molecule has 1 aromatic rings. The molecule has 0 aliphatic rings. The molecule has 1 nitrogen and oxygen atoms in total. The van der Waals surface area contributed by atoms with Gasteiger partial charge in [-0.2, -0.15) is 0 Å². The standard InChI is InChI=1S/C16H25BrOSi/c1-16(2,3)15(18-19(4)5)14-10-8-13(9-11-14)7-6-12-17/h6-11,15,19H,12H2,1-5H3/b7-6+. The molecule has 0 aromatic heterocycles. The average molecular weight is 341 g/mol. The Kier molecular flexibility index (Phi) is 6.50. The molecule has 0 heterocycles. The number of hydrogen-bond donors (Lipinski definition) is 0. The molecule has 0 spiro atoms. The lowest BCUT2D eigenvalue weighted by molar-refractivity contribution is 0.0866. The summed E-state index contributed by atoms with van der Waals surface area (Å²) in [6.07, 6.45) is 4.42. The minimum absolute atomic E-state index is 0.129. The van der Waals surface area contributed by atoms with E-state index in [4.69, 9.17) is 4.43 Å². The van der Waals surface area contributed by atoms with Gasteiger partial charge in [-0.15, -0.1) is 0 Å². The zero-order chi connectivity index (χ0) is 14.5. The first kappa shape index (κ1) is 16.7. The largest absolute Gasteiger partial charge is 0.413 e. The van der Waals surface area contributed by atoms with Crippen LogP contribution in [0, 0.1) is 5.41 Å². The molecule has 1 unspecified atom stereocenters. The topological polar surface area (TPSA) is 9.23 Å². The number of rotatable bonds is 5. The molecule has 1 atom stereocenters. The summed E-state index contributed by atoms with van der Waals surface area (Å²) in [7, 11) is -1.05. The molecule has 0 saturated carbocycles. The summed E-state index contributed by atoms with van der Waals surface area (Å²) >= 11 is 3.40. The minimum Gasteiger partial charge on any atom is -0.413 e. The summed E-state index contributed by atoms with van der Waals surface area (Å²) < 4.78 is 6.24. The summed E-state index contributed by atoms with van der Waals surface area (Å²) in [5.74, 6) is 0. The number of alkyl halides is 1. The van der Waals surface area contributed by atoms with Crippen molar-refractivity contribution in [1.29, 1.82) is 0 Å². The first-order valence-corrected chi connectivity index (χ1v) is 10.7. The Morgan fingerprint density at radius 1 is 1.21 bits per heavy atom. The fraction of sp³-hybridized carbons (Fsp3) is 0.500. The van der Waals surface area contributed by atoms with Crippen LogP contribution in [0.25, 0.3) is 6.08 Å². The van der Waals surface area contributed by atoms with Crippen molar-refractivity contribution in [2.45, 2.75) is 40.0 Å². The van der Waals surface area contributed by atoms with Crippen LogP contribution < -0.4 is 0 Å². The molecular weight excluding hydrogens is 316 g/mol. The van der Waals surface area contributed by atoms with E-state index in [1.165, 1.54) is 11.1 Å². The highest BCUT2D eigenvalue weighted by Gasteiger charge is 2.27. The zero-order valence-corrected chi connectivity index (χ0v) is 15.4. The molecule has 1 aromatic carbocycles. The summed E-state index contributed by atoms with van der Waals surface area (Å²) in [5, 5.41) is 0.890. The van der Waals surface area contributed by atoms with Gasteiger partial charge in [0.15, 0.2) is 9.04 Å². The fourth-order valence-corrected chi connectivity index (χ4v) is 3.31. The van der Waals surface area contributed by atoms with Crippen LogP contribution in [0.4, 0.5) is 0 Å². The van der Waals surface area contributed by atoms with Gasteiger partial charge in [-0.25, -0.2) is 0 Å². The highest BCUT2D eigenvalue weighted by molar-refractivity contribution is 9.09. The number of halogens is 1. The third kappa shape index (κ3) is 5.63. The van der Waals surface area contributed by atoms with Crippen LogP contribution >= 0.6 is 15.9 Å². The van der Waals surface area contributed by atoms with Crippen molar-refractivity contribution in [3.63, 3.8) is 0 Å². The van der Waals surface area contributed by atoms with Crippen molar-refractivity contribution < 1.29 is 4.43 Å². The van der Waals surface area contributed by atoms with Crippen molar-refractivity contribution in [2.24, 2.45) is 5.41 Å². The van der Waals surface area contributed by atoms with Crippen molar-refractivity contribution in [3.8, 4) is 0 Å². The van der Waals surface area contributed by atoms with Crippen molar-refractivity contribution >= 4 is 31.0 Å². The molecule has 0 aliphatic heterocycles. The lowest BCUT2D eigenvalue weighted by atomic mass is 9.84. The Hall–Kier alpha value is -0.383. The van der Waals surface area contributed by atoms with E-state index < -0.39 is 9.04 Å². The second-order valence-corrected chi connectivity index (χ2v) is 9.17. The maximum atomic E-state index is 6.24. The highest BCUT2D eigenvalue weighted by Crippen LogP contribution is 2.36. The van der Waals surface area contributed by atoms with Gasteiger partial charge in [0.2, 0.25) is 0 Å². The Morgan fingerprint density at radius 3 is 2.21 bits per heavy atom. The second-order valence-electron chi connectivity index (χ2n) is 6.15. The van der Waals surface area contributed by atoms with Gasteiger partial charge in [-0.05, 0) is 29.6 Å². The van der Waals surface area contributed by atoms with Gasteiger partial charge in [0, 0.05) is 5.33 Å². The fourth-order valence-electron chi connectivity index (χ4n) is 2.02. The van der Waals surface area contributed by atoms with E-state index in [2.05, 4.69) is 86.2 Å². The minimum atomic E-state index is -1.05. The summed E-state index contributed by atoms with van der Waals surface area (Å²) in [5.41, 5.74) is 2.65. The van der Waals surface area contributed by atoms with Crippen LogP contribution in [0.15, 0.2) is 30.3 Å². The predicted octanol–water partition coefficient (Wildman–Crippen LogP) is 5.18. The van der Waals surface area contributed by atoms with Gasteiger partial charge in [0.1, 0.15) is 0 Å². The molecule has 0 radical (unpaired) electrons. The lowest BCUT2D eigenvalue weighted by Gasteiger charge is -2.33. The summed E-state index contributed by atoms with van der Waals surface area (Å²) in [6.45, 7) is 11.2.